The van der Waals surface area contributed by atoms with Crippen molar-refractivity contribution in [1.82, 2.24) is 14.7 Å². The summed E-state index contributed by atoms with van der Waals surface area (Å²) in [6.07, 6.45) is 0. The Bertz CT molecular complexity index is 1090. The molecule has 2 aromatic carbocycles. The van der Waals surface area contributed by atoms with Crippen LogP contribution in [0, 0.1) is 11.8 Å². The molecule has 3 fully saturated rings. The average Bonchev–Trinajstić information content (AvgIpc) is 3.16. The van der Waals surface area contributed by atoms with Crippen molar-refractivity contribution in [3.05, 3.63) is 71.8 Å². The van der Waals surface area contributed by atoms with Gasteiger partial charge in [-0.05, 0) is 24.6 Å². The van der Waals surface area contributed by atoms with Gasteiger partial charge in [0.1, 0.15) is 5.54 Å². The van der Waals surface area contributed by atoms with Crippen LogP contribution in [-0.2, 0) is 20.9 Å². The Labute approximate surface area is 180 Å². The molecule has 0 aliphatic carbocycles. The van der Waals surface area contributed by atoms with E-state index in [4.69, 9.17) is 0 Å². The minimum Gasteiger partial charge on any atom is -0.342 e. The van der Waals surface area contributed by atoms with Crippen LogP contribution < -0.4 is 0 Å². The summed E-state index contributed by atoms with van der Waals surface area (Å²) in [4.78, 5) is 58.1. The monoisotopic (exact) mass is 417 g/mol. The van der Waals surface area contributed by atoms with E-state index in [1.165, 1.54) is 9.80 Å². The number of benzene rings is 2. The van der Waals surface area contributed by atoms with Crippen LogP contribution in [0.15, 0.2) is 60.7 Å². The number of likely N-dealkylation sites (N-methyl/N-ethyl adjacent to an activating group) is 1. The third-order valence-electron chi connectivity index (χ3n) is 6.96. The maximum Gasteiger partial charge on any atom is 0.255 e. The first-order valence-electron chi connectivity index (χ1n) is 10.4. The highest BCUT2D eigenvalue weighted by Crippen LogP contribution is 2.52. The Kier molecular flexibility index (Phi) is 4.25. The van der Waals surface area contributed by atoms with Crippen molar-refractivity contribution in [1.29, 1.82) is 0 Å². The van der Waals surface area contributed by atoms with E-state index in [0.717, 1.165) is 5.56 Å². The van der Waals surface area contributed by atoms with Gasteiger partial charge < -0.3 is 9.80 Å². The summed E-state index contributed by atoms with van der Waals surface area (Å²) in [7, 11) is 1.66. The highest BCUT2D eigenvalue weighted by atomic mass is 16.2. The summed E-state index contributed by atoms with van der Waals surface area (Å²) in [5.74, 6) is -2.90. The molecule has 3 aliphatic rings. The minimum atomic E-state index is -1.40. The number of nitrogens with zero attached hydrogens (tertiary/aromatic N) is 3. The van der Waals surface area contributed by atoms with Crippen molar-refractivity contribution in [2.24, 2.45) is 11.8 Å². The zero-order valence-corrected chi connectivity index (χ0v) is 17.4. The number of fused-ring (bicyclic) bond motifs is 5. The van der Waals surface area contributed by atoms with Crippen molar-refractivity contribution >= 4 is 23.6 Å². The summed E-state index contributed by atoms with van der Waals surface area (Å²) in [6, 6.07) is 17.5. The molecule has 2 bridgehead atoms. The van der Waals surface area contributed by atoms with E-state index < -0.39 is 23.4 Å². The number of amides is 4. The molecule has 3 unspecified atom stereocenters. The predicted octanol–water partition coefficient (Wildman–Crippen LogP) is 1.54. The number of hydrogen-bond donors (Lipinski definition) is 0. The Morgan fingerprint density at radius 2 is 1.58 bits per heavy atom. The molecule has 0 aromatic heterocycles. The normalized spacial score (nSPS) is 29.5. The second-order valence-corrected chi connectivity index (χ2v) is 8.69. The lowest BCUT2D eigenvalue weighted by atomic mass is 9.81. The zero-order valence-electron chi connectivity index (χ0n) is 17.4. The van der Waals surface area contributed by atoms with Crippen LogP contribution in [0.3, 0.4) is 0 Å². The summed E-state index contributed by atoms with van der Waals surface area (Å²) >= 11 is 0. The largest absolute Gasteiger partial charge is 0.342 e. The van der Waals surface area contributed by atoms with E-state index in [-0.39, 0.29) is 36.7 Å². The predicted molar refractivity (Wildman–Crippen MR) is 111 cm³/mol. The maximum absolute atomic E-state index is 13.5. The van der Waals surface area contributed by atoms with Crippen LogP contribution in [0.2, 0.25) is 0 Å². The van der Waals surface area contributed by atoms with Crippen molar-refractivity contribution in [2.45, 2.75) is 25.0 Å². The zero-order chi connectivity index (χ0) is 21.9. The van der Waals surface area contributed by atoms with Crippen LogP contribution in [0.25, 0.3) is 0 Å². The first-order valence-corrected chi connectivity index (χ1v) is 10.4. The highest BCUT2D eigenvalue weighted by Gasteiger charge is 2.73. The molecule has 31 heavy (non-hydrogen) atoms. The number of piperazine rings is 1. The van der Waals surface area contributed by atoms with Crippen LogP contribution in [0.5, 0.6) is 0 Å². The van der Waals surface area contributed by atoms with Gasteiger partial charge in [0.2, 0.25) is 17.7 Å². The Hall–Kier alpha value is -3.48. The van der Waals surface area contributed by atoms with Gasteiger partial charge in [0.15, 0.2) is 0 Å². The Morgan fingerprint density at radius 1 is 0.968 bits per heavy atom. The number of rotatable bonds is 3. The lowest BCUT2D eigenvalue weighted by Crippen LogP contribution is -2.67. The van der Waals surface area contributed by atoms with Crippen LogP contribution in [-0.4, -0.2) is 63.5 Å². The fourth-order valence-electron chi connectivity index (χ4n) is 5.57. The molecule has 3 aliphatic heterocycles. The molecule has 4 amide bonds. The van der Waals surface area contributed by atoms with Gasteiger partial charge in [0.25, 0.3) is 5.91 Å². The van der Waals surface area contributed by atoms with Gasteiger partial charge in [-0.2, -0.15) is 0 Å². The molecule has 0 radical (unpaired) electrons. The topological polar surface area (TPSA) is 78.0 Å². The third-order valence-corrected chi connectivity index (χ3v) is 6.96. The average molecular weight is 417 g/mol. The second-order valence-electron chi connectivity index (χ2n) is 8.69. The molecule has 7 heteroatoms. The summed E-state index contributed by atoms with van der Waals surface area (Å²) in [5.41, 5.74) is -0.106. The molecule has 158 valence electrons. The van der Waals surface area contributed by atoms with Gasteiger partial charge in [-0.1, -0.05) is 48.5 Å². The lowest BCUT2D eigenvalue weighted by molar-refractivity contribution is -0.154. The summed E-state index contributed by atoms with van der Waals surface area (Å²) < 4.78 is 0. The van der Waals surface area contributed by atoms with Crippen molar-refractivity contribution in [3.63, 3.8) is 0 Å². The number of carbonyl (C=O) groups is 4. The van der Waals surface area contributed by atoms with Crippen LogP contribution in [0.4, 0.5) is 0 Å². The van der Waals surface area contributed by atoms with E-state index in [1.807, 2.05) is 36.4 Å². The fraction of sp³-hybridized carbons (Fsp3) is 0.333. The molecular formula is C24H23N3O4. The first-order chi connectivity index (χ1) is 14.9. The fourth-order valence-corrected chi connectivity index (χ4v) is 5.57. The molecular weight excluding hydrogens is 394 g/mol. The maximum atomic E-state index is 13.5. The SMILES string of the molecule is CN1CC2C3C(=O)N(Cc4ccccc4)C(=O)C3[C@](C)(C1=O)N2C(=O)c1ccccc1. The molecule has 7 nitrogen and oxygen atoms in total. The van der Waals surface area contributed by atoms with Gasteiger partial charge in [0.05, 0.1) is 24.4 Å². The molecule has 3 heterocycles. The Morgan fingerprint density at radius 3 is 2.23 bits per heavy atom. The highest BCUT2D eigenvalue weighted by molar-refractivity contribution is 6.13. The molecule has 3 saturated heterocycles. The number of carbonyl (C=O) groups excluding carboxylic acids is 4. The van der Waals surface area contributed by atoms with E-state index in [2.05, 4.69) is 0 Å². The van der Waals surface area contributed by atoms with E-state index in [9.17, 15) is 19.2 Å². The van der Waals surface area contributed by atoms with E-state index in [0.29, 0.717) is 5.56 Å². The lowest BCUT2D eigenvalue weighted by Gasteiger charge is -2.47. The number of hydrogen-bond acceptors (Lipinski definition) is 4. The van der Waals surface area contributed by atoms with Gasteiger partial charge >= 0.3 is 0 Å². The smallest absolute Gasteiger partial charge is 0.255 e. The van der Waals surface area contributed by atoms with Crippen molar-refractivity contribution in [3.8, 4) is 0 Å². The first kappa shape index (κ1) is 19.5. The molecule has 4 atom stereocenters. The van der Waals surface area contributed by atoms with E-state index in [1.54, 1.807) is 43.1 Å². The molecule has 2 aromatic rings. The van der Waals surface area contributed by atoms with Crippen molar-refractivity contribution < 1.29 is 19.2 Å². The van der Waals surface area contributed by atoms with E-state index >= 15 is 0 Å². The second kappa shape index (κ2) is 6.77. The third kappa shape index (κ3) is 2.59. The number of likely N-dealkylation sites (tertiary alicyclic amines) is 2. The quantitative estimate of drug-likeness (QED) is 0.710. The van der Waals surface area contributed by atoms with Gasteiger partial charge in [-0.3, -0.25) is 24.1 Å². The minimum absolute atomic E-state index is 0.172. The van der Waals surface area contributed by atoms with Crippen LogP contribution in [0.1, 0.15) is 22.8 Å². The Balaban J connectivity index is 1.56. The molecule has 5 rings (SSSR count). The molecule has 0 spiro atoms. The van der Waals surface area contributed by atoms with Crippen LogP contribution >= 0.6 is 0 Å². The van der Waals surface area contributed by atoms with Gasteiger partial charge in [-0.15, -0.1) is 0 Å². The summed E-state index contributed by atoms with van der Waals surface area (Å²) in [6.45, 7) is 2.04. The molecule has 0 saturated carbocycles. The van der Waals surface area contributed by atoms with Crippen molar-refractivity contribution in [2.75, 3.05) is 13.6 Å². The standard InChI is InChI=1S/C24H23N3O4/c1-24-19-18(21(29)26(22(19)30)13-15-9-5-3-6-10-15)17(14-25(2)23(24)31)27(24)20(28)16-11-7-4-8-12-16/h3-12,17-19H,13-14H2,1-2H3/t17?,18?,19?,24-/m1/s1. The molecule has 0 N–H and O–H groups in total. The number of imide groups is 1. The summed E-state index contributed by atoms with van der Waals surface area (Å²) in [5, 5.41) is 0. The van der Waals surface area contributed by atoms with Gasteiger partial charge in [0, 0.05) is 19.2 Å². The van der Waals surface area contributed by atoms with Gasteiger partial charge in [-0.25, -0.2) is 0 Å².